The third-order valence-corrected chi connectivity index (χ3v) is 2.38. The van der Waals surface area contributed by atoms with E-state index in [0.29, 0.717) is 0 Å². The van der Waals surface area contributed by atoms with E-state index in [-0.39, 0.29) is 6.42 Å². The Labute approximate surface area is 76.3 Å². The van der Waals surface area contributed by atoms with E-state index in [2.05, 4.69) is 4.74 Å². The highest BCUT2D eigenvalue weighted by Gasteiger charge is 2.25. The summed E-state index contributed by atoms with van der Waals surface area (Å²) in [5.74, 6) is -1.41. The fraction of sp³-hybridized carbons (Fsp3) is 0.833. The Kier molecular flexibility index (Phi) is 4.31. The molecule has 0 rings (SSSR count). The standard InChI is InChI=1S/C6H12O6S/c1-4(6(8)12-2)3-5(7)13(9,10)11/h4-5,7H,3H2,1-2H3,(H,9,10,11). The van der Waals surface area contributed by atoms with Gasteiger partial charge in [-0.25, -0.2) is 0 Å². The third kappa shape index (κ3) is 4.20. The maximum Gasteiger partial charge on any atom is 0.308 e. The number of hydrogen-bond acceptors (Lipinski definition) is 5. The molecule has 0 heterocycles. The van der Waals surface area contributed by atoms with Crippen molar-refractivity contribution >= 4 is 16.1 Å². The van der Waals surface area contributed by atoms with Crippen molar-refractivity contribution in [3.63, 3.8) is 0 Å². The van der Waals surface area contributed by atoms with Crippen LogP contribution in [0.2, 0.25) is 0 Å². The van der Waals surface area contributed by atoms with Crippen LogP contribution < -0.4 is 0 Å². The number of ether oxygens (including phenoxy) is 1. The number of methoxy groups -OCH3 is 1. The summed E-state index contributed by atoms with van der Waals surface area (Å²) in [5.41, 5.74) is -1.94. The van der Waals surface area contributed by atoms with Gasteiger partial charge in [0.25, 0.3) is 10.1 Å². The Morgan fingerprint density at radius 1 is 1.54 bits per heavy atom. The fourth-order valence-corrected chi connectivity index (χ4v) is 1.25. The maximum absolute atomic E-state index is 10.8. The highest BCUT2D eigenvalue weighted by atomic mass is 32.2. The van der Waals surface area contributed by atoms with Crippen LogP contribution in [0.5, 0.6) is 0 Å². The molecule has 0 radical (unpaired) electrons. The van der Waals surface area contributed by atoms with E-state index >= 15 is 0 Å². The van der Waals surface area contributed by atoms with Gasteiger partial charge in [0.1, 0.15) is 0 Å². The minimum absolute atomic E-state index is 0.383. The zero-order valence-electron chi connectivity index (χ0n) is 7.30. The summed E-state index contributed by atoms with van der Waals surface area (Å²) >= 11 is 0. The number of carbonyl (C=O) groups excluding carboxylic acids is 1. The lowest BCUT2D eigenvalue weighted by Gasteiger charge is -2.11. The number of carbonyl (C=O) groups is 1. The predicted octanol–water partition coefficient (Wildman–Crippen LogP) is -0.608. The summed E-state index contributed by atoms with van der Waals surface area (Å²) < 4.78 is 33.3. The van der Waals surface area contributed by atoms with Crippen molar-refractivity contribution < 1.29 is 27.6 Å². The zero-order valence-corrected chi connectivity index (χ0v) is 8.11. The Morgan fingerprint density at radius 3 is 2.31 bits per heavy atom. The van der Waals surface area contributed by atoms with Crippen LogP contribution in [0.15, 0.2) is 0 Å². The van der Waals surface area contributed by atoms with Crippen LogP contribution in [0, 0.1) is 5.92 Å². The quantitative estimate of drug-likeness (QED) is 0.476. The van der Waals surface area contributed by atoms with Gasteiger partial charge >= 0.3 is 5.97 Å². The van der Waals surface area contributed by atoms with E-state index < -0.39 is 27.4 Å². The molecule has 13 heavy (non-hydrogen) atoms. The summed E-state index contributed by atoms with van der Waals surface area (Å²) in [5, 5.41) is 8.85. The van der Waals surface area contributed by atoms with Gasteiger partial charge in [-0.15, -0.1) is 0 Å². The van der Waals surface area contributed by atoms with Crippen LogP contribution in [0.1, 0.15) is 13.3 Å². The summed E-state index contributed by atoms with van der Waals surface area (Å²) in [6.45, 7) is 1.39. The molecule has 2 atom stereocenters. The molecular formula is C6H12O6S. The van der Waals surface area contributed by atoms with Gasteiger partial charge in [-0.3, -0.25) is 9.35 Å². The minimum Gasteiger partial charge on any atom is -0.469 e. The van der Waals surface area contributed by atoms with Gasteiger partial charge in [0, 0.05) is 6.42 Å². The topological polar surface area (TPSA) is 101 Å². The van der Waals surface area contributed by atoms with Crippen LogP contribution in [0.25, 0.3) is 0 Å². The Bertz CT molecular complexity index is 269. The molecule has 0 spiro atoms. The van der Waals surface area contributed by atoms with Gasteiger partial charge in [0.15, 0.2) is 5.44 Å². The first-order valence-electron chi connectivity index (χ1n) is 3.51. The largest absolute Gasteiger partial charge is 0.469 e. The zero-order chi connectivity index (χ0) is 10.6. The molecule has 0 aromatic rings. The first-order valence-corrected chi connectivity index (χ1v) is 5.01. The van der Waals surface area contributed by atoms with Crippen LogP contribution in [-0.2, 0) is 19.6 Å². The highest BCUT2D eigenvalue weighted by Crippen LogP contribution is 2.11. The molecule has 0 saturated carbocycles. The van der Waals surface area contributed by atoms with E-state index in [1.807, 2.05) is 0 Å². The first kappa shape index (κ1) is 12.3. The lowest BCUT2D eigenvalue weighted by atomic mass is 10.1. The van der Waals surface area contributed by atoms with Crippen molar-refractivity contribution in [2.75, 3.05) is 7.11 Å². The molecule has 0 saturated heterocycles. The Balaban J connectivity index is 4.23. The van der Waals surface area contributed by atoms with E-state index in [9.17, 15) is 13.2 Å². The molecule has 0 fully saturated rings. The third-order valence-electron chi connectivity index (χ3n) is 1.50. The number of esters is 1. The van der Waals surface area contributed by atoms with E-state index in [4.69, 9.17) is 9.66 Å². The van der Waals surface area contributed by atoms with E-state index in [1.54, 1.807) is 0 Å². The van der Waals surface area contributed by atoms with Crippen LogP contribution in [0.3, 0.4) is 0 Å². The molecule has 0 aromatic heterocycles. The van der Waals surface area contributed by atoms with Crippen molar-refractivity contribution in [2.24, 2.45) is 5.92 Å². The summed E-state index contributed by atoms with van der Waals surface area (Å²) in [7, 11) is -3.34. The highest BCUT2D eigenvalue weighted by molar-refractivity contribution is 7.86. The molecule has 78 valence electrons. The summed E-state index contributed by atoms with van der Waals surface area (Å²) in [4.78, 5) is 10.8. The van der Waals surface area contributed by atoms with E-state index in [1.165, 1.54) is 6.92 Å². The Hall–Kier alpha value is -0.660. The Morgan fingerprint density at radius 2 is 2.00 bits per heavy atom. The monoisotopic (exact) mass is 212 g/mol. The predicted molar refractivity (Wildman–Crippen MR) is 43.4 cm³/mol. The van der Waals surface area contributed by atoms with E-state index in [0.717, 1.165) is 7.11 Å². The van der Waals surface area contributed by atoms with Gasteiger partial charge in [-0.2, -0.15) is 8.42 Å². The maximum atomic E-state index is 10.8. The number of rotatable bonds is 4. The first-order chi connectivity index (χ1) is 5.79. The van der Waals surface area contributed by atoms with Gasteiger partial charge in [0.2, 0.25) is 0 Å². The van der Waals surface area contributed by atoms with Gasteiger partial charge in [-0.1, -0.05) is 6.92 Å². The van der Waals surface area contributed by atoms with Crippen molar-refractivity contribution in [3.05, 3.63) is 0 Å². The second-order valence-electron chi connectivity index (χ2n) is 2.63. The molecule has 0 bridgehead atoms. The average molecular weight is 212 g/mol. The lowest BCUT2D eigenvalue weighted by molar-refractivity contribution is -0.145. The van der Waals surface area contributed by atoms with Crippen LogP contribution in [0.4, 0.5) is 0 Å². The van der Waals surface area contributed by atoms with Crippen molar-refractivity contribution in [2.45, 2.75) is 18.8 Å². The van der Waals surface area contributed by atoms with Crippen LogP contribution >= 0.6 is 0 Å². The number of hydrogen-bond donors (Lipinski definition) is 2. The van der Waals surface area contributed by atoms with Gasteiger partial charge in [-0.05, 0) is 0 Å². The molecule has 0 aliphatic carbocycles. The molecule has 0 amide bonds. The number of aliphatic hydroxyl groups excluding tert-OH is 1. The second-order valence-corrected chi connectivity index (χ2v) is 4.20. The SMILES string of the molecule is COC(=O)C(C)CC(O)S(=O)(=O)O. The molecular weight excluding hydrogens is 200 g/mol. The molecule has 6 nitrogen and oxygen atoms in total. The van der Waals surface area contributed by atoms with Crippen molar-refractivity contribution in [3.8, 4) is 0 Å². The molecule has 0 aliphatic heterocycles. The summed E-state index contributed by atoms with van der Waals surface area (Å²) in [6.07, 6.45) is -0.383. The normalized spacial score (nSPS) is 16.3. The molecule has 0 aromatic carbocycles. The van der Waals surface area contributed by atoms with Crippen molar-refractivity contribution in [1.29, 1.82) is 0 Å². The van der Waals surface area contributed by atoms with Crippen LogP contribution in [-0.4, -0.2) is 36.6 Å². The van der Waals surface area contributed by atoms with Gasteiger partial charge in [0.05, 0.1) is 13.0 Å². The molecule has 2 N–H and O–H groups in total. The smallest absolute Gasteiger partial charge is 0.308 e. The second kappa shape index (κ2) is 4.54. The summed E-state index contributed by atoms with van der Waals surface area (Å²) in [6, 6.07) is 0. The fourth-order valence-electron chi connectivity index (χ4n) is 0.721. The minimum atomic E-state index is -4.49. The number of aliphatic hydroxyl groups is 1. The lowest BCUT2D eigenvalue weighted by Crippen LogP contribution is -2.26. The van der Waals surface area contributed by atoms with Crippen molar-refractivity contribution in [1.82, 2.24) is 0 Å². The average Bonchev–Trinajstić information content (AvgIpc) is 2.01. The van der Waals surface area contributed by atoms with Gasteiger partial charge < -0.3 is 9.84 Å². The molecule has 7 heteroatoms. The molecule has 0 aliphatic rings. The molecule has 2 unspecified atom stereocenters.